The summed E-state index contributed by atoms with van der Waals surface area (Å²) in [6.45, 7) is 2.47. The molecule has 36 heavy (non-hydrogen) atoms. The summed E-state index contributed by atoms with van der Waals surface area (Å²) in [4.78, 5) is 27.1. The standard InChI is InChI=1S/C23H27ClF3N3O5S/c1-5-28-22(32)15(2)29(13-16-7-6-8-18(11-16)35-3)21(31)14-30(36(4,33)34)20-12-17(23(25,26)27)9-10-19(20)24/h6-12,15H,5,13-14H2,1-4H3,(H,28,32)/t15-/m0/s1. The summed E-state index contributed by atoms with van der Waals surface area (Å²) in [6.07, 6.45) is -4.02. The fourth-order valence-electron chi connectivity index (χ4n) is 3.35. The van der Waals surface area contributed by atoms with Crippen molar-refractivity contribution in [2.24, 2.45) is 0 Å². The normalized spacial score (nSPS) is 12.6. The third kappa shape index (κ3) is 7.50. The number of hydrogen-bond donors (Lipinski definition) is 1. The Hall–Kier alpha value is -2.99. The topological polar surface area (TPSA) is 96.0 Å². The summed E-state index contributed by atoms with van der Waals surface area (Å²) >= 11 is 6.05. The van der Waals surface area contributed by atoms with E-state index in [4.69, 9.17) is 16.3 Å². The summed E-state index contributed by atoms with van der Waals surface area (Å²) in [5, 5.41) is 2.31. The minimum absolute atomic E-state index is 0.0950. The van der Waals surface area contributed by atoms with Crippen LogP contribution in [0, 0.1) is 0 Å². The molecule has 13 heteroatoms. The molecule has 0 aliphatic carbocycles. The van der Waals surface area contributed by atoms with E-state index in [1.807, 2.05) is 0 Å². The quantitative estimate of drug-likeness (QED) is 0.488. The number of nitrogens with one attached hydrogen (secondary N) is 1. The third-order valence-electron chi connectivity index (χ3n) is 5.23. The first-order chi connectivity index (χ1) is 16.7. The summed E-state index contributed by atoms with van der Waals surface area (Å²) in [6, 6.07) is 7.85. The maximum absolute atomic E-state index is 13.4. The van der Waals surface area contributed by atoms with Crippen molar-refractivity contribution in [3.05, 3.63) is 58.6 Å². The highest BCUT2D eigenvalue weighted by Crippen LogP contribution is 2.36. The molecular weight excluding hydrogens is 523 g/mol. The molecular formula is C23H27ClF3N3O5S. The maximum Gasteiger partial charge on any atom is 0.416 e. The first-order valence-electron chi connectivity index (χ1n) is 10.7. The number of likely N-dealkylation sites (N-methyl/N-ethyl adjacent to an activating group) is 1. The van der Waals surface area contributed by atoms with E-state index >= 15 is 0 Å². The smallest absolute Gasteiger partial charge is 0.416 e. The third-order valence-corrected chi connectivity index (χ3v) is 6.67. The van der Waals surface area contributed by atoms with Crippen LogP contribution in [0.5, 0.6) is 5.75 Å². The molecule has 0 heterocycles. The molecule has 0 aliphatic rings. The van der Waals surface area contributed by atoms with Gasteiger partial charge in [-0.05, 0) is 49.7 Å². The molecule has 0 unspecified atom stereocenters. The number of rotatable bonds is 10. The lowest BCUT2D eigenvalue weighted by Gasteiger charge is -2.31. The molecule has 1 atom stereocenters. The van der Waals surface area contributed by atoms with E-state index in [1.54, 1.807) is 31.2 Å². The number of nitrogens with zero attached hydrogens (tertiary/aromatic N) is 2. The Morgan fingerprint density at radius 2 is 1.83 bits per heavy atom. The van der Waals surface area contributed by atoms with E-state index in [0.717, 1.165) is 17.2 Å². The minimum atomic E-state index is -4.77. The van der Waals surface area contributed by atoms with Crippen LogP contribution in [0.2, 0.25) is 5.02 Å². The molecule has 2 rings (SSSR count). The highest BCUT2D eigenvalue weighted by Gasteiger charge is 2.34. The Labute approximate surface area is 213 Å². The lowest BCUT2D eigenvalue weighted by atomic mass is 10.1. The van der Waals surface area contributed by atoms with E-state index in [9.17, 15) is 31.2 Å². The largest absolute Gasteiger partial charge is 0.497 e. The summed E-state index contributed by atoms with van der Waals surface area (Å²) < 4.78 is 70.7. The predicted molar refractivity (Wildman–Crippen MR) is 130 cm³/mol. The zero-order valence-corrected chi connectivity index (χ0v) is 21.7. The Morgan fingerprint density at radius 1 is 1.17 bits per heavy atom. The highest BCUT2D eigenvalue weighted by atomic mass is 35.5. The molecule has 0 spiro atoms. The van der Waals surface area contributed by atoms with Gasteiger partial charge in [0.25, 0.3) is 0 Å². The molecule has 0 aliphatic heterocycles. The molecule has 8 nitrogen and oxygen atoms in total. The van der Waals surface area contributed by atoms with Gasteiger partial charge < -0.3 is 15.0 Å². The molecule has 198 valence electrons. The van der Waals surface area contributed by atoms with Crippen molar-refractivity contribution in [2.45, 2.75) is 32.6 Å². The average molecular weight is 550 g/mol. The van der Waals surface area contributed by atoms with E-state index in [0.29, 0.717) is 34.3 Å². The second kappa shape index (κ2) is 11.8. The summed E-state index contributed by atoms with van der Waals surface area (Å²) in [5.41, 5.74) is -1.05. The van der Waals surface area contributed by atoms with Crippen LogP contribution in [0.1, 0.15) is 25.0 Å². The molecule has 2 aromatic rings. The molecule has 0 fully saturated rings. The molecule has 0 aromatic heterocycles. The molecule has 0 saturated carbocycles. The van der Waals surface area contributed by atoms with Crippen molar-refractivity contribution in [1.82, 2.24) is 10.2 Å². The monoisotopic (exact) mass is 549 g/mol. The van der Waals surface area contributed by atoms with Crippen molar-refractivity contribution >= 4 is 39.1 Å². The second-order valence-corrected chi connectivity index (χ2v) is 10.2. The molecule has 2 aromatic carbocycles. The minimum Gasteiger partial charge on any atom is -0.497 e. The summed E-state index contributed by atoms with van der Waals surface area (Å²) in [5.74, 6) is -0.814. The number of halogens is 4. The van der Waals surface area contributed by atoms with Gasteiger partial charge in [0, 0.05) is 13.1 Å². The number of amides is 2. The van der Waals surface area contributed by atoms with Crippen LogP contribution in [0.15, 0.2) is 42.5 Å². The number of anilines is 1. The Kier molecular flexibility index (Phi) is 9.61. The van der Waals surface area contributed by atoms with Crippen LogP contribution in [0.4, 0.5) is 18.9 Å². The predicted octanol–water partition coefficient (Wildman–Crippen LogP) is 3.69. The van der Waals surface area contributed by atoms with Gasteiger partial charge in [0.05, 0.1) is 29.6 Å². The SMILES string of the molecule is CCNC(=O)[C@H](C)N(Cc1cccc(OC)c1)C(=O)CN(c1cc(C(F)(F)F)ccc1Cl)S(C)(=O)=O. The number of carbonyl (C=O) groups is 2. The van der Waals surface area contributed by atoms with E-state index in [-0.39, 0.29) is 11.6 Å². The molecule has 0 radical (unpaired) electrons. The Morgan fingerprint density at radius 3 is 2.39 bits per heavy atom. The Balaban J connectivity index is 2.50. The van der Waals surface area contributed by atoms with E-state index < -0.39 is 51.9 Å². The van der Waals surface area contributed by atoms with Gasteiger partial charge >= 0.3 is 6.18 Å². The lowest BCUT2D eigenvalue weighted by Crippen LogP contribution is -2.51. The second-order valence-electron chi connectivity index (χ2n) is 7.88. The van der Waals surface area contributed by atoms with Gasteiger partial charge in [-0.3, -0.25) is 13.9 Å². The van der Waals surface area contributed by atoms with Gasteiger partial charge in [0.2, 0.25) is 21.8 Å². The maximum atomic E-state index is 13.4. The number of carbonyl (C=O) groups excluding carboxylic acids is 2. The zero-order chi connectivity index (χ0) is 27.3. The highest BCUT2D eigenvalue weighted by molar-refractivity contribution is 7.92. The zero-order valence-electron chi connectivity index (χ0n) is 20.1. The Bertz CT molecular complexity index is 1210. The van der Waals surface area contributed by atoms with Crippen LogP contribution in [0.25, 0.3) is 0 Å². The van der Waals surface area contributed by atoms with E-state index in [1.165, 1.54) is 14.0 Å². The molecule has 0 bridgehead atoms. The van der Waals surface area contributed by atoms with Crippen LogP contribution in [-0.4, -0.2) is 57.6 Å². The first kappa shape index (κ1) is 29.2. The van der Waals surface area contributed by atoms with Crippen molar-refractivity contribution in [3.63, 3.8) is 0 Å². The van der Waals surface area contributed by atoms with Crippen molar-refractivity contribution < 1.29 is 35.9 Å². The number of sulfonamides is 1. The van der Waals surface area contributed by atoms with Gasteiger partial charge in [0.15, 0.2) is 0 Å². The van der Waals surface area contributed by atoms with Gasteiger partial charge in [0.1, 0.15) is 18.3 Å². The molecule has 1 N–H and O–H groups in total. The number of benzene rings is 2. The van der Waals surface area contributed by atoms with Crippen LogP contribution < -0.4 is 14.4 Å². The fraction of sp³-hybridized carbons (Fsp3) is 0.391. The van der Waals surface area contributed by atoms with Crippen molar-refractivity contribution in [1.29, 1.82) is 0 Å². The van der Waals surface area contributed by atoms with Crippen LogP contribution in [0.3, 0.4) is 0 Å². The number of alkyl halides is 3. The van der Waals surface area contributed by atoms with Crippen molar-refractivity contribution in [2.75, 3.05) is 30.8 Å². The number of hydrogen-bond acceptors (Lipinski definition) is 5. The fourth-order valence-corrected chi connectivity index (χ4v) is 4.47. The van der Waals surface area contributed by atoms with Crippen LogP contribution >= 0.6 is 11.6 Å². The molecule has 2 amide bonds. The number of methoxy groups -OCH3 is 1. The van der Waals surface area contributed by atoms with Crippen molar-refractivity contribution in [3.8, 4) is 5.75 Å². The van der Waals surface area contributed by atoms with Crippen LogP contribution in [-0.2, 0) is 32.3 Å². The summed E-state index contributed by atoms with van der Waals surface area (Å²) in [7, 11) is -2.80. The molecule has 0 saturated heterocycles. The van der Waals surface area contributed by atoms with E-state index in [2.05, 4.69) is 5.32 Å². The lowest BCUT2D eigenvalue weighted by molar-refractivity contribution is -0.139. The average Bonchev–Trinajstić information content (AvgIpc) is 2.79. The van der Waals surface area contributed by atoms with Gasteiger partial charge in [-0.25, -0.2) is 8.42 Å². The first-order valence-corrected chi connectivity index (χ1v) is 13.0. The number of ether oxygens (including phenoxy) is 1. The van der Waals surface area contributed by atoms with Gasteiger partial charge in [-0.2, -0.15) is 13.2 Å². The van der Waals surface area contributed by atoms with Gasteiger partial charge in [-0.15, -0.1) is 0 Å². The van der Waals surface area contributed by atoms with Gasteiger partial charge in [-0.1, -0.05) is 23.7 Å².